The van der Waals surface area contributed by atoms with Gasteiger partial charge in [-0.25, -0.2) is 8.42 Å². The number of nitrogens with zero attached hydrogens (tertiary/aromatic N) is 2. The molecule has 21 heavy (non-hydrogen) atoms. The van der Waals surface area contributed by atoms with Crippen LogP contribution >= 0.6 is 0 Å². The normalized spacial score (nSPS) is 19.8. The molecule has 6 nitrogen and oxygen atoms in total. The quantitative estimate of drug-likeness (QED) is 0.883. The smallest absolute Gasteiger partial charge is 0.246 e. The van der Waals surface area contributed by atoms with Crippen LogP contribution < -0.4 is 0 Å². The van der Waals surface area contributed by atoms with Crippen molar-refractivity contribution in [1.29, 1.82) is 0 Å². The van der Waals surface area contributed by atoms with Gasteiger partial charge in [0.05, 0.1) is 0 Å². The second-order valence-electron chi connectivity index (χ2n) is 5.49. The van der Waals surface area contributed by atoms with E-state index in [0.29, 0.717) is 24.9 Å². The Balaban J connectivity index is 2.13. The Morgan fingerprint density at radius 2 is 1.95 bits per heavy atom. The highest BCUT2D eigenvalue weighted by molar-refractivity contribution is 7.89. The summed E-state index contributed by atoms with van der Waals surface area (Å²) in [4.78, 5) is 2.48. The van der Waals surface area contributed by atoms with E-state index in [1.54, 1.807) is 6.92 Å². The lowest BCUT2D eigenvalue weighted by molar-refractivity contribution is 0.142. The number of rotatable bonds is 5. The highest BCUT2D eigenvalue weighted by Crippen LogP contribution is 2.25. The number of sulfonamides is 1. The van der Waals surface area contributed by atoms with Crippen LogP contribution in [0.5, 0.6) is 0 Å². The zero-order valence-electron chi connectivity index (χ0n) is 12.9. The highest BCUT2D eigenvalue weighted by Gasteiger charge is 2.32. The van der Waals surface area contributed by atoms with Crippen LogP contribution in [0.4, 0.5) is 0 Å². The first-order chi connectivity index (χ1) is 9.90. The molecule has 1 aliphatic heterocycles. The van der Waals surface area contributed by atoms with E-state index < -0.39 is 10.0 Å². The van der Waals surface area contributed by atoms with E-state index in [0.717, 1.165) is 19.5 Å². The van der Waals surface area contributed by atoms with Gasteiger partial charge in [-0.3, -0.25) is 4.90 Å². The van der Waals surface area contributed by atoms with Crippen molar-refractivity contribution in [1.82, 2.24) is 9.21 Å². The number of hydrogen-bond donors (Lipinski definition) is 1. The van der Waals surface area contributed by atoms with Crippen molar-refractivity contribution < 1.29 is 17.9 Å². The van der Waals surface area contributed by atoms with Crippen LogP contribution in [-0.2, 0) is 16.6 Å². The number of aryl methyl sites for hydroxylation is 1. The lowest BCUT2D eigenvalue weighted by Crippen LogP contribution is -2.51. The van der Waals surface area contributed by atoms with Crippen molar-refractivity contribution >= 4 is 10.0 Å². The zero-order valence-corrected chi connectivity index (χ0v) is 13.7. The largest absolute Gasteiger partial charge is 0.462 e. The van der Waals surface area contributed by atoms with Crippen molar-refractivity contribution in [3.63, 3.8) is 0 Å². The third kappa shape index (κ3) is 3.31. The van der Waals surface area contributed by atoms with Gasteiger partial charge in [0.1, 0.15) is 23.0 Å². The molecule has 2 heterocycles. The molecular weight excluding hydrogens is 292 g/mol. The monoisotopic (exact) mass is 316 g/mol. The lowest BCUT2D eigenvalue weighted by Gasteiger charge is -2.37. The van der Waals surface area contributed by atoms with Crippen molar-refractivity contribution in [2.75, 3.05) is 26.2 Å². The Bertz CT molecular complexity index is 574. The maximum atomic E-state index is 12.6. The molecule has 1 saturated heterocycles. The van der Waals surface area contributed by atoms with E-state index in [-0.39, 0.29) is 17.3 Å². The summed E-state index contributed by atoms with van der Waals surface area (Å²) in [6.45, 7) is 8.10. The summed E-state index contributed by atoms with van der Waals surface area (Å²) < 4.78 is 32.1. The molecule has 1 fully saturated rings. The fourth-order valence-corrected chi connectivity index (χ4v) is 4.25. The van der Waals surface area contributed by atoms with Gasteiger partial charge in [0, 0.05) is 38.3 Å². The average molecular weight is 316 g/mol. The first kappa shape index (κ1) is 16.5. The number of hydrogen-bond acceptors (Lipinski definition) is 5. The summed E-state index contributed by atoms with van der Waals surface area (Å²) >= 11 is 0. The fraction of sp³-hybridized carbons (Fsp3) is 0.714. The predicted molar refractivity (Wildman–Crippen MR) is 79.5 cm³/mol. The molecule has 1 unspecified atom stereocenters. The van der Waals surface area contributed by atoms with Gasteiger partial charge in [0.25, 0.3) is 0 Å². The molecule has 1 aliphatic rings. The van der Waals surface area contributed by atoms with Crippen LogP contribution in [0.1, 0.15) is 31.8 Å². The molecule has 0 aliphatic carbocycles. The average Bonchev–Trinajstić information content (AvgIpc) is 2.88. The van der Waals surface area contributed by atoms with Crippen LogP contribution in [-0.4, -0.2) is 55.0 Å². The molecule has 0 aromatic carbocycles. The van der Waals surface area contributed by atoms with E-state index in [1.807, 2.05) is 0 Å². The van der Waals surface area contributed by atoms with Crippen LogP contribution in [0.15, 0.2) is 15.4 Å². The Kier molecular flexibility index (Phi) is 5.08. The molecular formula is C14H24N2O4S. The van der Waals surface area contributed by atoms with Crippen LogP contribution in [0.2, 0.25) is 0 Å². The first-order valence-corrected chi connectivity index (χ1v) is 8.78. The fourth-order valence-electron chi connectivity index (χ4n) is 2.64. The maximum absolute atomic E-state index is 12.6. The molecule has 1 aromatic heterocycles. The summed E-state index contributed by atoms with van der Waals surface area (Å²) in [6, 6.07) is 1.90. The Labute approximate surface area is 126 Å². The zero-order chi connectivity index (χ0) is 15.6. The molecule has 0 amide bonds. The minimum atomic E-state index is -3.54. The van der Waals surface area contributed by atoms with Crippen molar-refractivity contribution in [2.45, 2.75) is 44.7 Å². The van der Waals surface area contributed by atoms with Crippen LogP contribution in [0.3, 0.4) is 0 Å². The van der Waals surface area contributed by atoms with Gasteiger partial charge in [-0.05, 0) is 20.3 Å². The van der Waals surface area contributed by atoms with Crippen molar-refractivity contribution in [2.24, 2.45) is 0 Å². The third-order valence-electron chi connectivity index (χ3n) is 4.18. The van der Waals surface area contributed by atoms with Gasteiger partial charge < -0.3 is 9.52 Å². The van der Waals surface area contributed by atoms with E-state index >= 15 is 0 Å². The standard InChI is InChI=1S/C14H24N2O4S/c1-4-11(2)15-5-7-16(8-6-15)21(18,19)14-9-13(10-17)20-12(14)3/h9,11,17H,4-8,10H2,1-3H3. The predicted octanol–water partition coefficient (Wildman–Crippen LogP) is 1.19. The molecule has 0 bridgehead atoms. The van der Waals surface area contributed by atoms with Crippen molar-refractivity contribution in [3.8, 4) is 0 Å². The minimum absolute atomic E-state index is 0.170. The molecule has 120 valence electrons. The Morgan fingerprint density at radius 1 is 1.33 bits per heavy atom. The number of furan rings is 1. The second-order valence-corrected chi connectivity index (χ2v) is 7.39. The molecule has 0 saturated carbocycles. The van der Waals surface area contributed by atoms with E-state index in [2.05, 4.69) is 18.7 Å². The minimum Gasteiger partial charge on any atom is -0.462 e. The summed E-state index contributed by atoms with van der Waals surface area (Å²) in [5.74, 6) is 0.618. The third-order valence-corrected chi connectivity index (χ3v) is 6.19. The number of aliphatic hydroxyl groups excluding tert-OH is 1. The Hall–Kier alpha value is -0.890. The molecule has 1 atom stereocenters. The van der Waals surface area contributed by atoms with Gasteiger partial charge in [0.2, 0.25) is 10.0 Å². The molecule has 0 spiro atoms. The van der Waals surface area contributed by atoms with Gasteiger partial charge in [-0.2, -0.15) is 4.31 Å². The summed E-state index contributed by atoms with van der Waals surface area (Å²) in [5.41, 5.74) is 0. The van der Waals surface area contributed by atoms with Crippen molar-refractivity contribution in [3.05, 3.63) is 17.6 Å². The molecule has 0 radical (unpaired) electrons. The highest BCUT2D eigenvalue weighted by atomic mass is 32.2. The Morgan fingerprint density at radius 3 is 2.43 bits per heavy atom. The van der Waals surface area contributed by atoms with Gasteiger partial charge in [0.15, 0.2) is 0 Å². The van der Waals surface area contributed by atoms with E-state index in [9.17, 15) is 8.42 Å². The van der Waals surface area contributed by atoms with Gasteiger partial charge in [-0.15, -0.1) is 0 Å². The molecule has 2 rings (SSSR count). The maximum Gasteiger partial charge on any atom is 0.246 e. The van der Waals surface area contributed by atoms with Crippen LogP contribution in [0, 0.1) is 6.92 Å². The summed E-state index contributed by atoms with van der Waals surface area (Å²) in [5, 5.41) is 9.07. The number of aliphatic hydroxyl groups is 1. The number of piperazine rings is 1. The van der Waals surface area contributed by atoms with Gasteiger partial charge in [-0.1, -0.05) is 6.92 Å². The topological polar surface area (TPSA) is 74.0 Å². The van der Waals surface area contributed by atoms with Gasteiger partial charge >= 0.3 is 0 Å². The molecule has 7 heteroatoms. The first-order valence-electron chi connectivity index (χ1n) is 7.34. The molecule has 1 aromatic rings. The summed E-state index contributed by atoms with van der Waals surface area (Å²) in [6.07, 6.45) is 1.06. The van der Waals surface area contributed by atoms with E-state index in [4.69, 9.17) is 9.52 Å². The molecule has 1 N–H and O–H groups in total. The SMILES string of the molecule is CCC(C)N1CCN(S(=O)(=O)c2cc(CO)oc2C)CC1. The van der Waals surface area contributed by atoms with Crippen LogP contribution in [0.25, 0.3) is 0 Å². The second kappa shape index (κ2) is 6.48. The van der Waals surface area contributed by atoms with E-state index in [1.165, 1.54) is 10.4 Å². The summed E-state index contributed by atoms with van der Waals surface area (Å²) in [7, 11) is -3.54. The lowest BCUT2D eigenvalue weighted by atomic mass is 10.2.